The van der Waals surface area contributed by atoms with Crippen molar-refractivity contribution in [3.8, 4) is 11.5 Å². The van der Waals surface area contributed by atoms with Crippen molar-refractivity contribution >= 4 is 8.60 Å². The van der Waals surface area contributed by atoms with Crippen LogP contribution in [0.4, 0.5) is 0 Å². The minimum absolute atomic E-state index is 0.699. The summed E-state index contributed by atoms with van der Waals surface area (Å²) >= 11 is 0. The maximum absolute atomic E-state index is 7.38. The van der Waals surface area contributed by atoms with Crippen LogP contribution >= 0.6 is 8.60 Å². The molecule has 0 radical (unpaired) electrons. The Morgan fingerprint density at radius 3 is 0.528 bits per heavy atom. The zero-order valence-electron chi connectivity index (χ0n) is 73.2. The normalized spacial score (nSPS) is 11.8. The minimum Gasteiger partial charge on any atom is -0.417 e. The lowest BCUT2D eigenvalue weighted by Crippen LogP contribution is -2.07. The first-order valence-corrected chi connectivity index (χ1v) is 50.8. The van der Waals surface area contributed by atoms with Crippen molar-refractivity contribution in [2.24, 2.45) is 0 Å². The summed E-state index contributed by atoms with van der Waals surface area (Å²) in [6.45, 7) is 12.3. The molecule has 0 aliphatic heterocycles. The number of unbranched alkanes of at least 4 members (excludes halogenated alkanes) is 75. The van der Waals surface area contributed by atoms with Gasteiger partial charge in [-0.1, -0.05) is 540 Å². The van der Waals surface area contributed by atoms with Gasteiger partial charge in [0, 0.05) is 0 Å². The van der Waals surface area contributed by atoms with Crippen LogP contribution in [0.3, 0.4) is 0 Å². The SMILES string of the molecule is CCCCCCCCCCCCCCCCCCOP(Oc1cccc(CCCCCCCCCCCCCCCCCC)c1CCCCCCCCCCCCCCCCCC)Oc1cccc(CCCCCCCCCCCCCCCCCC)c1CCCCCCCCCCCCCCCCCC. The van der Waals surface area contributed by atoms with Gasteiger partial charge in [-0.2, -0.15) is 0 Å². The van der Waals surface area contributed by atoms with E-state index in [1.54, 1.807) is 0 Å². The van der Waals surface area contributed by atoms with Crippen LogP contribution in [0.2, 0.25) is 0 Å². The van der Waals surface area contributed by atoms with E-state index in [9.17, 15) is 0 Å². The molecule has 3 nitrogen and oxygen atoms in total. The van der Waals surface area contributed by atoms with E-state index in [2.05, 4.69) is 71.0 Å². The van der Waals surface area contributed by atoms with Crippen molar-refractivity contribution < 1.29 is 13.6 Å². The second-order valence-corrected chi connectivity index (χ2v) is 35.6. The van der Waals surface area contributed by atoms with Gasteiger partial charge in [-0.15, -0.1) is 0 Å². The summed E-state index contributed by atoms with van der Waals surface area (Å²) in [7, 11) is -1.66. The van der Waals surface area contributed by atoms with E-state index >= 15 is 0 Å². The second-order valence-electron chi connectivity index (χ2n) is 34.5. The van der Waals surface area contributed by atoms with E-state index in [-0.39, 0.29) is 0 Å². The van der Waals surface area contributed by atoms with Crippen LogP contribution in [0.1, 0.15) is 571 Å². The Kier molecular flexibility index (Phi) is 80.0. The Labute approximate surface area is 668 Å². The predicted molar refractivity (Wildman–Crippen MR) is 480 cm³/mol. The van der Waals surface area contributed by atoms with Crippen LogP contribution in [0, 0.1) is 0 Å². The zero-order valence-corrected chi connectivity index (χ0v) is 74.1. The zero-order chi connectivity index (χ0) is 75.5. The fourth-order valence-corrected chi connectivity index (χ4v) is 18.0. The van der Waals surface area contributed by atoms with Crippen LogP contribution in [0.5, 0.6) is 11.5 Å². The van der Waals surface area contributed by atoms with Gasteiger partial charge in [-0.25, -0.2) is 0 Å². The lowest BCUT2D eigenvalue weighted by molar-refractivity contribution is 0.257. The number of rotatable bonds is 90. The van der Waals surface area contributed by atoms with E-state index in [0.29, 0.717) is 6.61 Å². The lowest BCUT2D eigenvalue weighted by atomic mass is 9.95. The van der Waals surface area contributed by atoms with Gasteiger partial charge in [-0.05, 0) is 92.2 Å². The van der Waals surface area contributed by atoms with Crippen molar-refractivity contribution in [2.75, 3.05) is 6.61 Å². The van der Waals surface area contributed by atoms with E-state index in [1.165, 1.54) is 529 Å². The Bertz CT molecular complexity index is 1880. The van der Waals surface area contributed by atoms with Gasteiger partial charge < -0.3 is 9.05 Å². The molecule has 0 saturated carbocycles. The third kappa shape index (κ3) is 67.0. The highest BCUT2D eigenvalue weighted by atomic mass is 31.2. The quantitative estimate of drug-likeness (QED) is 0.0488. The van der Waals surface area contributed by atoms with Crippen molar-refractivity contribution in [2.45, 2.75) is 574 Å². The number of aryl methyl sites for hydroxylation is 2. The smallest absolute Gasteiger partial charge is 0.417 e. The fraction of sp³-hybridized carbons (Fsp3) is 0.882. The molecule has 0 aromatic heterocycles. The highest BCUT2D eigenvalue weighted by Crippen LogP contribution is 2.46. The number of benzene rings is 2. The molecule has 2 aromatic carbocycles. The van der Waals surface area contributed by atoms with Gasteiger partial charge in [0.2, 0.25) is 0 Å². The van der Waals surface area contributed by atoms with E-state index in [4.69, 9.17) is 13.6 Å². The third-order valence-electron chi connectivity index (χ3n) is 24.2. The summed E-state index contributed by atoms with van der Waals surface area (Å²) in [5.74, 6) is 2.08. The minimum atomic E-state index is -1.66. The average Bonchev–Trinajstić information content (AvgIpc) is 0.831. The summed E-state index contributed by atoms with van der Waals surface area (Å²) in [4.78, 5) is 0. The van der Waals surface area contributed by atoms with Crippen LogP contribution in [0.25, 0.3) is 0 Å². The molecule has 0 atom stereocenters. The molecule has 0 bridgehead atoms. The predicted octanol–water partition coefficient (Wildman–Crippen LogP) is 37.9. The molecule has 2 aromatic rings. The molecule has 622 valence electrons. The molecular weight excluding hydrogens is 1300 g/mol. The van der Waals surface area contributed by atoms with Gasteiger partial charge >= 0.3 is 8.60 Å². The fourth-order valence-electron chi connectivity index (χ4n) is 16.9. The topological polar surface area (TPSA) is 27.7 Å². The van der Waals surface area contributed by atoms with Crippen LogP contribution < -0.4 is 9.05 Å². The Morgan fingerprint density at radius 1 is 0.179 bits per heavy atom. The van der Waals surface area contributed by atoms with Crippen molar-refractivity contribution in [1.29, 1.82) is 0 Å². The van der Waals surface area contributed by atoms with Crippen molar-refractivity contribution in [3.05, 3.63) is 58.7 Å². The molecular formula is C102H191O3P. The lowest BCUT2D eigenvalue weighted by Gasteiger charge is -2.23. The van der Waals surface area contributed by atoms with Crippen LogP contribution in [-0.2, 0) is 30.2 Å². The summed E-state index contributed by atoms with van der Waals surface area (Å²) < 4.78 is 21.8. The van der Waals surface area contributed by atoms with E-state index in [0.717, 1.165) is 43.6 Å². The maximum Gasteiger partial charge on any atom is 0.463 e. The van der Waals surface area contributed by atoms with Gasteiger partial charge in [0.15, 0.2) is 0 Å². The molecule has 0 aliphatic rings. The molecule has 0 fully saturated rings. The van der Waals surface area contributed by atoms with Gasteiger partial charge in [-0.3, -0.25) is 4.52 Å². The first-order valence-electron chi connectivity index (χ1n) is 49.7. The molecule has 0 unspecified atom stereocenters. The summed E-state index contributed by atoms with van der Waals surface area (Å²) in [5.41, 5.74) is 5.92. The van der Waals surface area contributed by atoms with Gasteiger partial charge in [0.1, 0.15) is 11.5 Å². The molecule has 0 amide bonds. The summed E-state index contributed by atoms with van der Waals surface area (Å²) in [6, 6.07) is 14.1. The molecule has 0 saturated heterocycles. The number of hydrogen-bond donors (Lipinski definition) is 0. The molecule has 106 heavy (non-hydrogen) atoms. The van der Waals surface area contributed by atoms with Crippen LogP contribution in [0.15, 0.2) is 36.4 Å². The molecule has 0 aliphatic carbocycles. The molecule has 0 spiro atoms. The maximum atomic E-state index is 7.38. The Hall–Kier alpha value is -1.57. The van der Waals surface area contributed by atoms with E-state index in [1.807, 2.05) is 0 Å². The molecule has 2 rings (SSSR count). The van der Waals surface area contributed by atoms with Gasteiger partial charge in [0.05, 0.1) is 6.61 Å². The summed E-state index contributed by atoms with van der Waals surface area (Å²) in [5, 5.41) is 0. The first-order chi connectivity index (χ1) is 52.7. The molecule has 0 heterocycles. The Balaban J connectivity index is 2.26. The van der Waals surface area contributed by atoms with Gasteiger partial charge in [0.25, 0.3) is 0 Å². The monoisotopic (exact) mass is 1500 g/mol. The third-order valence-corrected chi connectivity index (χ3v) is 25.2. The highest BCUT2D eigenvalue weighted by Gasteiger charge is 2.23. The molecule has 0 N–H and O–H groups in total. The summed E-state index contributed by atoms with van der Waals surface area (Å²) in [6.07, 6.45) is 117. The van der Waals surface area contributed by atoms with Crippen molar-refractivity contribution in [3.63, 3.8) is 0 Å². The highest BCUT2D eigenvalue weighted by molar-refractivity contribution is 7.42. The Morgan fingerprint density at radius 2 is 0.340 bits per heavy atom. The van der Waals surface area contributed by atoms with Crippen molar-refractivity contribution in [1.82, 2.24) is 0 Å². The second kappa shape index (κ2) is 84.3. The average molecular weight is 1500 g/mol. The first kappa shape index (κ1) is 101. The largest absolute Gasteiger partial charge is 0.463 e. The van der Waals surface area contributed by atoms with Crippen LogP contribution in [-0.4, -0.2) is 6.61 Å². The number of hydrogen-bond acceptors (Lipinski definition) is 3. The molecule has 4 heteroatoms. The van der Waals surface area contributed by atoms with E-state index < -0.39 is 8.60 Å². The standard InChI is InChI=1S/C102H191O3P/c1-6-11-16-21-26-31-36-41-46-51-56-61-66-71-76-81-88-97-90-86-94-101(99(97)92-83-78-73-68-63-58-53-48-43-38-33-28-23-18-13-8-3)104-106(103-96-85-80-75-70-65-60-55-50-45-40-35-30-25-20-15-10-5)105-102-95-87-91-98(89-82-77-72-67-62-57-52-47-42-37-32-27-22-17-12-7-2)100(102)93-84-79-74-69-64-59-54-49-44-39-34-29-24-19-14-9-4/h86-87,90-91,94-95H,6-85,88-89,92-93,96H2,1-5H3.